The number of rotatable bonds is 27. The van der Waals surface area contributed by atoms with Gasteiger partial charge in [-0.05, 0) is 48.3 Å². The number of esters is 2. The molecule has 0 aromatic heterocycles. The van der Waals surface area contributed by atoms with Crippen LogP contribution < -0.4 is 0 Å². The highest BCUT2D eigenvalue weighted by molar-refractivity contribution is 5.69. The molecule has 0 aliphatic heterocycles. The fraction of sp³-hybridized carbons (Fsp3) is 0.944. The van der Waals surface area contributed by atoms with Crippen molar-refractivity contribution in [2.45, 2.75) is 171 Å². The molecule has 0 aliphatic rings. The van der Waals surface area contributed by atoms with Crippen LogP contribution in [0.2, 0.25) is 0 Å². The first-order valence-electron chi connectivity index (χ1n) is 17.3. The Morgan fingerprint density at radius 2 is 0.825 bits per heavy atom. The van der Waals surface area contributed by atoms with E-state index < -0.39 is 0 Å². The van der Waals surface area contributed by atoms with Crippen molar-refractivity contribution in [3.8, 4) is 0 Å². The Hall–Kier alpha value is -1.06. The first-order valence-corrected chi connectivity index (χ1v) is 17.3. The molecule has 0 N–H and O–H groups in total. The summed E-state index contributed by atoms with van der Waals surface area (Å²) < 4.78 is 11.0. The van der Waals surface area contributed by atoms with Gasteiger partial charge in [0.25, 0.3) is 0 Å². The van der Waals surface area contributed by atoms with E-state index in [4.69, 9.17) is 9.47 Å². The van der Waals surface area contributed by atoms with Gasteiger partial charge in [-0.25, -0.2) is 0 Å². The van der Waals surface area contributed by atoms with Crippen molar-refractivity contribution < 1.29 is 19.1 Å². The molecule has 0 aliphatic carbocycles. The smallest absolute Gasteiger partial charge is 0.306 e. The quantitative estimate of drug-likeness (QED) is 0.0733. The van der Waals surface area contributed by atoms with Crippen LogP contribution in [-0.4, -0.2) is 25.2 Å². The summed E-state index contributed by atoms with van der Waals surface area (Å²) in [6.45, 7) is 19.2. The summed E-state index contributed by atoms with van der Waals surface area (Å²) in [4.78, 5) is 24.1. The number of carbonyl (C=O) groups is 2. The minimum Gasteiger partial charge on any atom is -0.466 e. The summed E-state index contributed by atoms with van der Waals surface area (Å²) in [5.41, 5.74) is 0. The normalized spacial score (nSPS) is 14.1. The predicted octanol–water partition coefficient (Wildman–Crippen LogP) is 11.0. The molecule has 2 atom stereocenters. The number of carbonyl (C=O) groups excluding carboxylic acids is 2. The molecule has 0 rings (SSSR count). The van der Waals surface area contributed by atoms with Crippen molar-refractivity contribution in [3.63, 3.8) is 0 Å². The van der Waals surface area contributed by atoms with Gasteiger partial charge in [-0.15, -0.1) is 0 Å². The fourth-order valence-electron chi connectivity index (χ4n) is 5.55. The van der Waals surface area contributed by atoms with Gasteiger partial charge in [0.1, 0.15) is 0 Å². The van der Waals surface area contributed by atoms with Gasteiger partial charge in [0.15, 0.2) is 0 Å². The number of hydrogen-bond donors (Lipinski definition) is 0. The molecule has 2 unspecified atom stereocenters. The van der Waals surface area contributed by atoms with Crippen LogP contribution in [0.15, 0.2) is 0 Å². The van der Waals surface area contributed by atoms with Gasteiger partial charge in [-0.1, -0.05) is 145 Å². The van der Waals surface area contributed by atoms with Gasteiger partial charge in [-0.2, -0.15) is 0 Å². The van der Waals surface area contributed by atoms with Crippen molar-refractivity contribution in [1.82, 2.24) is 0 Å². The van der Waals surface area contributed by atoms with E-state index in [1.54, 1.807) is 0 Å². The monoisotopic (exact) mass is 567 g/mol. The van der Waals surface area contributed by atoms with Crippen molar-refractivity contribution in [1.29, 1.82) is 0 Å². The maximum atomic E-state index is 12.1. The summed E-state index contributed by atoms with van der Waals surface area (Å²) in [5.74, 6) is 3.84. The average molecular weight is 567 g/mol. The van der Waals surface area contributed by atoms with Crippen LogP contribution >= 0.6 is 0 Å². The molecule has 0 spiro atoms. The van der Waals surface area contributed by atoms with E-state index in [0.717, 1.165) is 62.2 Å². The molecule has 0 radical (unpaired) electrons. The van der Waals surface area contributed by atoms with Crippen LogP contribution in [0.3, 0.4) is 0 Å². The first kappa shape index (κ1) is 38.9. The average Bonchev–Trinajstić information content (AvgIpc) is 2.85. The first-order chi connectivity index (χ1) is 19.0. The van der Waals surface area contributed by atoms with Crippen LogP contribution in [0.5, 0.6) is 0 Å². The van der Waals surface area contributed by atoms with E-state index in [0.29, 0.717) is 37.9 Å². The summed E-state index contributed by atoms with van der Waals surface area (Å²) >= 11 is 0. The Kier molecular flexibility index (Phi) is 25.0. The largest absolute Gasteiger partial charge is 0.466 e. The second-order valence-electron chi connectivity index (χ2n) is 14.1. The Labute approximate surface area is 250 Å². The Morgan fingerprint density at radius 1 is 0.450 bits per heavy atom. The maximum Gasteiger partial charge on any atom is 0.306 e. The van der Waals surface area contributed by atoms with Gasteiger partial charge < -0.3 is 9.47 Å². The molecule has 0 aromatic rings. The molecule has 0 heterocycles. The molecule has 0 amide bonds. The Balaban J connectivity index is 3.74. The van der Waals surface area contributed by atoms with E-state index >= 15 is 0 Å². The highest BCUT2D eigenvalue weighted by Gasteiger charge is 2.14. The third kappa shape index (κ3) is 25.9. The molecule has 0 fully saturated rings. The second kappa shape index (κ2) is 25.6. The molecule has 4 heteroatoms. The van der Waals surface area contributed by atoms with E-state index in [9.17, 15) is 9.59 Å². The van der Waals surface area contributed by atoms with E-state index in [-0.39, 0.29) is 11.9 Å². The van der Waals surface area contributed by atoms with Gasteiger partial charge in [-0.3, -0.25) is 9.59 Å². The van der Waals surface area contributed by atoms with Gasteiger partial charge >= 0.3 is 11.9 Å². The molecule has 0 bridgehead atoms. The van der Waals surface area contributed by atoms with Crippen LogP contribution in [0.1, 0.15) is 171 Å². The third-order valence-electron chi connectivity index (χ3n) is 8.39. The lowest BCUT2D eigenvalue weighted by molar-refractivity contribution is -0.145. The van der Waals surface area contributed by atoms with Crippen molar-refractivity contribution in [2.75, 3.05) is 13.2 Å². The number of unbranched alkanes of at least 4 members (excludes halogenated alkanes) is 6. The van der Waals surface area contributed by atoms with Crippen LogP contribution in [0.4, 0.5) is 0 Å². The lowest BCUT2D eigenvalue weighted by Crippen LogP contribution is -2.11. The number of ether oxygens (including phenoxy) is 2. The lowest BCUT2D eigenvalue weighted by Gasteiger charge is -2.21. The SMILES string of the molecule is CC(C)CCCC(C)CC(=O)OCCCCCCC(CCCCCCOC(=O)CC(C)CCCC(C)C)C(C)C. The van der Waals surface area contributed by atoms with Crippen molar-refractivity contribution in [3.05, 3.63) is 0 Å². The third-order valence-corrected chi connectivity index (χ3v) is 8.39. The zero-order valence-corrected chi connectivity index (χ0v) is 28.2. The summed E-state index contributed by atoms with van der Waals surface area (Å²) in [6.07, 6.45) is 20.2. The topological polar surface area (TPSA) is 52.6 Å². The Bertz CT molecular complexity index is 550. The second-order valence-corrected chi connectivity index (χ2v) is 14.1. The van der Waals surface area contributed by atoms with Crippen LogP contribution in [0.25, 0.3) is 0 Å². The summed E-state index contributed by atoms with van der Waals surface area (Å²) in [5, 5.41) is 0. The lowest BCUT2D eigenvalue weighted by atomic mass is 9.86. The highest BCUT2D eigenvalue weighted by atomic mass is 16.5. The molecule has 0 aromatic carbocycles. The van der Waals surface area contributed by atoms with Gasteiger partial charge in [0, 0.05) is 12.8 Å². The van der Waals surface area contributed by atoms with E-state index in [2.05, 4.69) is 55.4 Å². The summed E-state index contributed by atoms with van der Waals surface area (Å²) in [6, 6.07) is 0. The van der Waals surface area contributed by atoms with Crippen molar-refractivity contribution in [2.24, 2.45) is 35.5 Å². The van der Waals surface area contributed by atoms with Crippen LogP contribution in [0, 0.1) is 35.5 Å². The fourth-order valence-corrected chi connectivity index (χ4v) is 5.55. The minimum absolute atomic E-state index is 0.0165. The van der Waals surface area contributed by atoms with Gasteiger partial charge in [0.05, 0.1) is 13.2 Å². The zero-order chi connectivity index (χ0) is 30.2. The van der Waals surface area contributed by atoms with Gasteiger partial charge in [0.2, 0.25) is 0 Å². The molecule has 40 heavy (non-hydrogen) atoms. The van der Waals surface area contributed by atoms with E-state index in [1.807, 2.05) is 0 Å². The predicted molar refractivity (Wildman–Crippen MR) is 171 cm³/mol. The highest BCUT2D eigenvalue weighted by Crippen LogP contribution is 2.25. The van der Waals surface area contributed by atoms with E-state index in [1.165, 1.54) is 64.2 Å². The minimum atomic E-state index is -0.0165. The molecule has 4 nitrogen and oxygen atoms in total. The molecule has 0 saturated carbocycles. The van der Waals surface area contributed by atoms with Crippen molar-refractivity contribution >= 4 is 11.9 Å². The molecule has 0 saturated heterocycles. The maximum absolute atomic E-state index is 12.1. The molecule has 238 valence electrons. The Morgan fingerprint density at radius 3 is 1.18 bits per heavy atom. The summed E-state index contributed by atoms with van der Waals surface area (Å²) in [7, 11) is 0. The zero-order valence-electron chi connectivity index (χ0n) is 28.2. The van der Waals surface area contributed by atoms with Crippen LogP contribution in [-0.2, 0) is 19.1 Å². The molecular weight excluding hydrogens is 496 g/mol. The number of hydrogen-bond acceptors (Lipinski definition) is 4. The standard InChI is InChI=1S/C36H70O4/c1-29(2)19-17-21-32(7)27-35(37)39-25-15-11-9-13-23-34(31(5)6)24-14-10-12-16-26-40-36(38)28-33(8)22-18-20-30(3)4/h29-34H,9-28H2,1-8H3. The molecular formula is C36H70O4.